The molecule has 0 bridgehead atoms. The lowest BCUT2D eigenvalue weighted by Crippen LogP contribution is -2.51. The topological polar surface area (TPSA) is 86.8 Å². The summed E-state index contributed by atoms with van der Waals surface area (Å²) < 4.78 is 28.8. The molecule has 0 aliphatic rings. The van der Waals surface area contributed by atoms with Crippen molar-refractivity contribution >= 4 is 39.1 Å². The number of amides is 2. The first kappa shape index (κ1) is 29.2. The van der Waals surface area contributed by atoms with Crippen LogP contribution in [-0.4, -0.2) is 44.3 Å². The van der Waals surface area contributed by atoms with E-state index in [0.29, 0.717) is 17.3 Å². The number of nitrogens with one attached hydrogen (secondary N) is 1. The average Bonchev–Trinajstić information content (AvgIpc) is 2.88. The maximum atomic E-state index is 13.9. The molecular formula is C29H34ClN3O4S. The van der Waals surface area contributed by atoms with Crippen LogP contribution in [0.25, 0.3) is 0 Å². The van der Waals surface area contributed by atoms with Crippen molar-refractivity contribution in [3.8, 4) is 0 Å². The van der Waals surface area contributed by atoms with Crippen molar-refractivity contribution in [3.05, 3.63) is 94.0 Å². The molecule has 0 aromatic heterocycles. The van der Waals surface area contributed by atoms with Gasteiger partial charge in [-0.25, -0.2) is 8.42 Å². The molecule has 0 heterocycles. The smallest absolute Gasteiger partial charge is 0.264 e. The minimum Gasteiger partial charge on any atom is -0.355 e. The predicted molar refractivity (Wildman–Crippen MR) is 152 cm³/mol. The van der Waals surface area contributed by atoms with Crippen molar-refractivity contribution in [2.75, 3.05) is 17.4 Å². The second kappa shape index (κ2) is 12.5. The fourth-order valence-electron chi connectivity index (χ4n) is 3.94. The molecule has 3 aromatic rings. The van der Waals surface area contributed by atoms with Gasteiger partial charge in [0.05, 0.1) is 10.6 Å². The lowest BCUT2D eigenvalue weighted by atomic mass is 10.1. The Labute approximate surface area is 230 Å². The number of carbonyl (C=O) groups is 2. The molecule has 1 N–H and O–H groups in total. The molecule has 9 heteroatoms. The second-order valence-electron chi connectivity index (χ2n) is 9.31. The first-order valence-electron chi connectivity index (χ1n) is 12.4. The number of sulfonamides is 1. The molecule has 0 saturated heterocycles. The number of aryl methyl sites for hydroxylation is 3. The summed E-state index contributed by atoms with van der Waals surface area (Å²) in [5.41, 5.74) is 4.14. The maximum Gasteiger partial charge on any atom is 0.264 e. The molecule has 7 nitrogen and oxygen atoms in total. The second-order valence-corrected chi connectivity index (χ2v) is 11.6. The molecule has 2 amide bonds. The van der Waals surface area contributed by atoms with E-state index in [1.807, 2.05) is 51.1 Å². The summed E-state index contributed by atoms with van der Waals surface area (Å²) in [5.74, 6) is -0.814. The number of benzene rings is 3. The van der Waals surface area contributed by atoms with Crippen LogP contribution in [0.15, 0.2) is 71.6 Å². The zero-order valence-corrected chi connectivity index (χ0v) is 23.9. The standard InChI is InChI=1S/C29H34ClN3O4S/c1-6-31-29(35)23(5)32(18-24-10-7-20(2)8-11-24)28(34)19-33(26-14-9-21(3)22(4)17-26)38(36,37)27-15-12-25(30)13-16-27/h7-17,23H,6,18-19H2,1-5H3,(H,31,35)/t23-/m1/s1. The molecule has 1 atom stereocenters. The summed E-state index contributed by atoms with van der Waals surface area (Å²) in [5, 5.41) is 3.16. The Morgan fingerprint density at radius 1 is 0.921 bits per heavy atom. The van der Waals surface area contributed by atoms with E-state index in [9.17, 15) is 18.0 Å². The van der Waals surface area contributed by atoms with E-state index < -0.39 is 28.5 Å². The van der Waals surface area contributed by atoms with Crippen LogP contribution in [0.2, 0.25) is 5.02 Å². The van der Waals surface area contributed by atoms with E-state index in [1.54, 1.807) is 26.0 Å². The van der Waals surface area contributed by atoms with E-state index >= 15 is 0 Å². The molecule has 0 unspecified atom stereocenters. The molecule has 3 rings (SSSR count). The summed E-state index contributed by atoms with van der Waals surface area (Å²) in [6, 6.07) is 17.9. The number of anilines is 1. The van der Waals surface area contributed by atoms with E-state index in [4.69, 9.17) is 11.6 Å². The first-order valence-corrected chi connectivity index (χ1v) is 14.2. The summed E-state index contributed by atoms with van der Waals surface area (Å²) in [7, 11) is -4.14. The molecular weight excluding hydrogens is 522 g/mol. The van der Waals surface area contributed by atoms with E-state index in [0.717, 1.165) is 26.6 Å². The lowest BCUT2D eigenvalue weighted by Gasteiger charge is -2.32. The summed E-state index contributed by atoms with van der Waals surface area (Å²) in [4.78, 5) is 28.1. The van der Waals surface area contributed by atoms with Crippen molar-refractivity contribution in [2.24, 2.45) is 0 Å². The average molecular weight is 556 g/mol. The van der Waals surface area contributed by atoms with Crippen LogP contribution in [0.1, 0.15) is 36.1 Å². The Balaban J connectivity index is 2.05. The van der Waals surface area contributed by atoms with Crippen LogP contribution in [0.5, 0.6) is 0 Å². The Hall–Kier alpha value is -3.36. The van der Waals surface area contributed by atoms with Gasteiger partial charge in [0.2, 0.25) is 11.8 Å². The fourth-order valence-corrected chi connectivity index (χ4v) is 5.47. The van der Waals surface area contributed by atoms with Gasteiger partial charge in [0, 0.05) is 18.1 Å². The number of rotatable bonds is 10. The van der Waals surface area contributed by atoms with Crippen molar-refractivity contribution < 1.29 is 18.0 Å². The minimum atomic E-state index is -4.14. The van der Waals surface area contributed by atoms with Crippen molar-refractivity contribution in [1.29, 1.82) is 0 Å². The number of likely N-dealkylation sites (N-methyl/N-ethyl adjacent to an activating group) is 1. The highest BCUT2D eigenvalue weighted by molar-refractivity contribution is 7.92. The zero-order chi connectivity index (χ0) is 28.0. The molecule has 0 fully saturated rings. The third-order valence-corrected chi connectivity index (χ3v) is 8.49. The molecule has 0 saturated carbocycles. The van der Waals surface area contributed by atoms with Gasteiger partial charge in [0.15, 0.2) is 0 Å². The Kier molecular flexibility index (Phi) is 9.57. The van der Waals surface area contributed by atoms with Gasteiger partial charge in [-0.1, -0.05) is 47.5 Å². The van der Waals surface area contributed by atoms with Crippen LogP contribution in [-0.2, 0) is 26.2 Å². The van der Waals surface area contributed by atoms with Crippen molar-refractivity contribution in [2.45, 2.75) is 52.1 Å². The minimum absolute atomic E-state index is 0.00906. The number of hydrogen-bond donors (Lipinski definition) is 1. The summed E-state index contributed by atoms with van der Waals surface area (Å²) in [6.45, 7) is 9.31. The molecule has 0 radical (unpaired) electrons. The molecule has 0 aliphatic heterocycles. The van der Waals surface area contributed by atoms with Crippen LogP contribution < -0.4 is 9.62 Å². The highest BCUT2D eigenvalue weighted by atomic mass is 35.5. The quantitative estimate of drug-likeness (QED) is 0.381. The number of halogens is 1. The number of hydrogen-bond acceptors (Lipinski definition) is 4. The van der Waals surface area contributed by atoms with Gasteiger partial charge in [-0.15, -0.1) is 0 Å². The Morgan fingerprint density at radius 2 is 1.55 bits per heavy atom. The summed E-state index contributed by atoms with van der Waals surface area (Å²) in [6.07, 6.45) is 0. The normalized spacial score (nSPS) is 12.1. The highest BCUT2D eigenvalue weighted by Gasteiger charge is 2.32. The van der Waals surface area contributed by atoms with Crippen LogP contribution in [0.3, 0.4) is 0 Å². The monoisotopic (exact) mass is 555 g/mol. The summed E-state index contributed by atoms with van der Waals surface area (Å²) >= 11 is 5.99. The fraction of sp³-hybridized carbons (Fsp3) is 0.310. The SMILES string of the molecule is CCNC(=O)[C@@H](C)N(Cc1ccc(C)cc1)C(=O)CN(c1ccc(C)c(C)c1)S(=O)(=O)c1ccc(Cl)cc1. The van der Waals surface area contributed by atoms with Crippen LogP contribution in [0.4, 0.5) is 5.69 Å². The number of carbonyl (C=O) groups excluding carboxylic acids is 2. The van der Waals surface area contributed by atoms with E-state index in [2.05, 4.69) is 5.32 Å². The van der Waals surface area contributed by atoms with Crippen molar-refractivity contribution in [3.63, 3.8) is 0 Å². The van der Waals surface area contributed by atoms with Gasteiger partial charge in [0.1, 0.15) is 12.6 Å². The zero-order valence-electron chi connectivity index (χ0n) is 22.4. The largest absolute Gasteiger partial charge is 0.355 e. The number of nitrogens with zero attached hydrogens (tertiary/aromatic N) is 2. The molecule has 38 heavy (non-hydrogen) atoms. The Morgan fingerprint density at radius 3 is 2.13 bits per heavy atom. The highest BCUT2D eigenvalue weighted by Crippen LogP contribution is 2.27. The third kappa shape index (κ3) is 6.94. The Bertz CT molecular complexity index is 1390. The van der Waals surface area contributed by atoms with Crippen LogP contribution in [0, 0.1) is 20.8 Å². The maximum absolute atomic E-state index is 13.9. The molecule has 202 valence electrons. The van der Waals surface area contributed by atoms with Gasteiger partial charge >= 0.3 is 0 Å². The molecule has 0 aliphatic carbocycles. The van der Waals surface area contributed by atoms with Crippen LogP contribution >= 0.6 is 11.6 Å². The van der Waals surface area contributed by atoms with Gasteiger partial charge < -0.3 is 10.2 Å². The van der Waals surface area contributed by atoms with Gasteiger partial charge in [-0.2, -0.15) is 0 Å². The molecule has 0 spiro atoms. The predicted octanol–water partition coefficient (Wildman–Crippen LogP) is 5.01. The van der Waals surface area contributed by atoms with Gasteiger partial charge in [0.25, 0.3) is 10.0 Å². The van der Waals surface area contributed by atoms with E-state index in [1.165, 1.54) is 29.2 Å². The van der Waals surface area contributed by atoms with Gasteiger partial charge in [-0.05, 0) is 87.7 Å². The van der Waals surface area contributed by atoms with Gasteiger partial charge in [-0.3, -0.25) is 13.9 Å². The third-order valence-electron chi connectivity index (χ3n) is 6.45. The van der Waals surface area contributed by atoms with Crippen molar-refractivity contribution in [1.82, 2.24) is 10.2 Å². The molecule has 3 aromatic carbocycles. The lowest BCUT2D eigenvalue weighted by molar-refractivity contribution is -0.139. The van der Waals surface area contributed by atoms with E-state index in [-0.39, 0.29) is 17.3 Å². The first-order chi connectivity index (χ1) is 17.9.